The molecule has 2 aromatic carbocycles. The summed E-state index contributed by atoms with van der Waals surface area (Å²) < 4.78 is 1.04. The molecule has 7 heteroatoms. The Morgan fingerprint density at radius 3 is 2.68 bits per heavy atom. The summed E-state index contributed by atoms with van der Waals surface area (Å²) in [5, 5.41) is 1.12. The maximum Gasteiger partial charge on any atom is 0.224 e. The lowest BCUT2D eigenvalue weighted by molar-refractivity contribution is 1.35. The Morgan fingerprint density at radius 2 is 1.91 bits per heavy atom. The number of halogens is 1. The number of rotatable bonds is 2. The molecule has 0 bridgehead atoms. The number of thiazole rings is 1. The van der Waals surface area contributed by atoms with Gasteiger partial charge in [0.1, 0.15) is 5.84 Å². The van der Waals surface area contributed by atoms with E-state index in [0.29, 0.717) is 15.7 Å². The normalized spacial score (nSPS) is 12.8. The van der Waals surface area contributed by atoms with Gasteiger partial charge in [-0.2, -0.15) is 9.98 Å². The molecular weight excluding hydrogens is 318 g/mol. The van der Waals surface area contributed by atoms with Crippen molar-refractivity contribution in [1.82, 2.24) is 4.98 Å². The number of para-hydroxylation sites is 1. The van der Waals surface area contributed by atoms with Crippen molar-refractivity contribution in [3.8, 4) is 0 Å². The Bertz CT molecular complexity index is 851. The maximum atomic E-state index is 5.92. The van der Waals surface area contributed by atoms with Gasteiger partial charge in [-0.3, -0.25) is 0 Å². The van der Waals surface area contributed by atoms with Gasteiger partial charge in [-0.05, 0) is 24.3 Å². The van der Waals surface area contributed by atoms with Crippen LogP contribution in [0.15, 0.2) is 58.5 Å². The van der Waals surface area contributed by atoms with Crippen molar-refractivity contribution in [3.63, 3.8) is 0 Å². The smallest absolute Gasteiger partial charge is 0.224 e. The van der Waals surface area contributed by atoms with E-state index in [9.17, 15) is 0 Å². The molecule has 110 valence electrons. The predicted octanol–water partition coefficient (Wildman–Crippen LogP) is 3.30. The highest BCUT2D eigenvalue weighted by molar-refractivity contribution is 7.22. The molecule has 0 saturated heterocycles. The molecule has 0 aliphatic rings. The summed E-state index contributed by atoms with van der Waals surface area (Å²) >= 11 is 7.36. The second kappa shape index (κ2) is 6.13. The molecule has 0 spiro atoms. The fraction of sp³-hybridized carbons (Fsp3) is 0. The van der Waals surface area contributed by atoms with E-state index < -0.39 is 0 Å². The van der Waals surface area contributed by atoms with E-state index in [1.165, 1.54) is 11.3 Å². The van der Waals surface area contributed by atoms with Crippen molar-refractivity contribution in [2.24, 2.45) is 21.5 Å². The molecule has 3 rings (SSSR count). The first kappa shape index (κ1) is 14.5. The summed E-state index contributed by atoms with van der Waals surface area (Å²) in [5.74, 6) is 0.307. The average Bonchev–Trinajstić information content (AvgIpc) is 2.89. The molecule has 1 aromatic heterocycles. The molecule has 0 radical (unpaired) electrons. The van der Waals surface area contributed by atoms with E-state index >= 15 is 0 Å². The highest BCUT2D eigenvalue weighted by Crippen LogP contribution is 2.27. The summed E-state index contributed by atoms with van der Waals surface area (Å²) in [5.41, 5.74) is 13.3. The van der Waals surface area contributed by atoms with Gasteiger partial charge in [0.25, 0.3) is 0 Å². The minimum atomic E-state index is 0.0523. The zero-order valence-electron chi connectivity index (χ0n) is 11.4. The fourth-order valence-corrected chi connectivity index (χ4v) is 2.90. The fourth-order valence-electron chi connectivity index (χ4n) is 1.87. The van der Waals surface area contributed by atoms with E-state index in [0.717, 1.165) is 10.2 Å². The molecule has 3 aromatic rings. The van der Waals surface area contributed by atoms with Crippen LogP contribution in [0, 0.1) is 0 Å². The summed E-state index contributed by atoms with van der Waals surface area (Å²) in [4.78, 5) is 12.6. The van der Waals surface area contributed by atoms with Crippen LogP contribution < -0.4 is 11.5 Å². The summed E-state index contributed by atoms with van der Waals surface area (Å²) in [6.45, 7) is 0. The van der Waals surface area contributed by atoms with Crippen LogP contribution in [0.1, 0.15) is 5.56 Å². The van der Waals surface area contributed by atoms with Crippen LogP contribution >= 0.6 is 22.9 Å². The zero-order valence-corrected chi connectivity index (χ0v) is 13.0. The van der Waals surface area contributed by atoms with Crippen LogP contribution in [0.25, 0.3) is 10.2 Å². The number of hydrogen-bond acceptors (Lipinski definition) is 3. The number of aliphatic imine (C=N–C) groups is 2. The van der Waals surface area contributed by atoms with E-state index in [4.69, 9.17) is 23.1 Å². The highest BCUT2D eigenvalue weighted by atomic mass is 35.5. The zero-order chi connectivity index (χ0) is 15.5. The summed E-state index contributed by atoms with van der Waals surface area (Å²) in [6, 6.07) is 14.8. The maximum absolute atomic E-state index is 5.92. The molecular formula is C15H12ClN5S. The molecule has 0 unspecified atom stereocenters. The third kappa shape index (κ3) is 3.24. The molecule has 4 N–H and O–H groups in total. The monoisotopic (exact) mass is 329 g/mol. The Kier molecular flexibility index (Phi) is 4.04. The van der Waals surface area contributed by atoms with Crippen LogP contribution in [-0.2, 0) is 0 Å². The molecule has 0 fully saturated rings. The van der Waals surface area contributed by atoms with E-state index in [-0.39, 0.29) is 11.8 Å². The first-order valence-electron chi connectivity index (χ1n) is 6.41. The molecule has 0 aliphatic heterocycles. The third-order valence-electron chi connectivity index (χ3n) is 2.85. The first-order valence-corrected chi connectivity index (χ1v) is 7.61. The van der Waals surface area contributed by atoms with Crippen molar-refractivity contribution < 1.29 is 0 Å². The van der Waals surface area contributed by atoms with Crippen molar-refractivity contribution >= 4 is 50.1 Å². The first-order chi connectivity index (χ1) is 10.6. The topological polar surface area (TPSA) is 89.6 Å². The lowest BCUT2D eigenvalue weighted by Gasteiger charge is -2.00. The third-order valence-corrected chi connectivity index (χ3v) is 4.01. The molecule has 0 aliphatic carbocycles. The number of amidine groups is 1. The van der Waals surface area contributed by atoms with Gasteiger partial charge < -0.3 is 11.5 Å². The van der Waals surface area contributed by atoms with Gasteiger partial charge in [-0.1, -0.05) is 47.2 Å². The van der Waals surface area contributed by atoms with Crippen LogP contribution in [0.2, 0.25) is 5.02 Å². The van der Waals surface area contributed by atoms with Crippen LogP contribution in [0.3, 0.4) is 0 Å². The Hall–Kier alpha value is -2.44. The van der Waals surface area contributed by atoms with Gasteiger partial charge >= 0.3 is 0 Å². The summed E-state index contributed by atoms with van der Waals surface area (Å²) in [7, 11) is 0. The number of fused-ring (bicyclic) bond motifs is 1. The predicted molar refractivity (Wildman–Crippen MR) is 93.1 cm³/mol. The Morgan fingerprint density at radius 1 is 1.09 bits per heavy atom. The van der Waals surface area contributed by atoms with E-state index in [1.54, 1.807) is 24.3 Å². The minimum absolute atomic E-state index is 0.0523. The molecule has 0 saturated carbocycles. The molecule has 5 nitrogen and oxygen atoms in total. The molecule has 0 atom stereocenters. The number of aromatic nitrogens is 1. The minimum Gasteiger partial charge on any atom is -0.383 e. The Labute approximate surface area is 136 Å². The van der Waals surface area contributed by atoms with Crippen LogP contribution in [0.5, 0.6) is 0 Å². The lowest BCUT2D eigenvalue weighted by Crippen LogP contribution is -2.19. The van der Waals surface area contributed by atoms with Gasteiger partial charge in [0.2, 0.25) is 11.1 Å². The molecule has 1 heterocycles. The molecule has 22 heavy (non-hydrogen) atoms. The second-order valence-electron chi connectivity index (χ2n) is 4.44. The SMILES string of the molecule is N/C(=N\C(N)=N\c1nc2ccccc2s1)c1cccc(Cl)c1. The van der Waals surface area contributed by atoms with E-state index in [2.05, 4.69) is 15.0 Å². The number of guanidine groups is 1. The number of nitrogens with two attached hydrogens (primary N) is 2. The largest absolute Gasteiger partial charge is 0.383 e. The van der Waals surface area contributed by atoms with E-state index in [1.807, 2.05) is 24.3 Å². The van der Waals surface area contributed by atoms with Crippen molar-refractivity contribution in [2.45, 2.75) is 0 Å². The van der Waals surface area contributed by atoms with Gasteiger partial charge in [0.15, 0.2) is 0 Å². The van der Waals surface area contributed by atoms with Crippen LogP contribution in [0.4, 0.5) is 5.13 Å². The van der Waals surface area contributed by atoms with Gasteiger partial charge in [0, 0.05) is 10.6 Å². The van der Waals surface area contributed by atoms with Crippen LogP contribution in [-0.4, -0.2) is 16.8 Å². The van der Waals surface area contributed by atoms with Crippen molar-refractivity contribution in [1.29, 1.82) is 0 Å². The van der Waals surface area contributed by atoms with Gasteiger partial charge in [0.05, 0.1) is 10.2 Å². The standard InChI is InChI=1S/C15H12ClN5S/c16-10-5-3-4-9(8-10)13(17)20-14(18)21-15-19-11-6-1-2-7-12(11)22-15/h1-8H,(H4,17,18,19,20,21). The van der Waals surface area contributed by atoms with Crippen molar-refractivity contribution in [3.05, 3.63) is 59.1 Å². The van der Waals surface area contributed by atoms with Gasteiger partial charge in [-0.15, -0.1) is 0 Å². The quantitative estimate of drug-likeness (QED) is 0.558. The number of nitrogens with zero attached hydrogens (tertiary/aromatic N) is 3. The highest BCUT2D eigenvalue weighted by Gasteiger charge is 2.04. The average molecular weight is 330 g/mol. The Balaban J connectivity index is 1.89. The second-order valence-corrected chi connectivity index (χ2v) is 5.89. The van der Waals surface area contributed by atoms with Crippen molar-refractivity contribution in [2.75, 3.05) is 0 Å². The molecule has 0 amide bonds. The number of benzene rings is 2. The van der Waals surface area contributed by atoms with Gasteiger partial charge in [-0.25, -0.2) is 4.98 Å². The number of hydrogen-bond donors (Lipinski definition) is 2. The summed E-state index contributed by atoms with van der Waals surface area (Å²) in [6.07, 6.45) is 0. The lowest BCUT2D eigenvalue weighted by atomic mass is 10.2.